The van der Waals surface area contributed by atoms with Crippen LogP contribution in [0.1, 0.15) is 0 Å². The molecule has 0 saturated carbocycles. The molecule has 2 aromatic rings. The van der Waals surface area contributed by atoms with Gasteiger partial charge in [-0.2, -0.15) is 4.73 Å². The number of pyridine rings is 1. The van der Waals surface area contributed by atoms with Crippen molar-refractivity contribution in [2.45, 2.75) is 0 Å². The summed E-state index contributed by atoms with van der Waals surface area (Å²) in [4.78, 5) is 11.5. The standard InChI is InChI=1S/C10H9NO3/c1-14-8-3-2-7-4-5-11(13)10(12)9(7)6-8/h2-6,13H,1H3. The third-order valence-corrected chi connectivity index (χ3v) is 2.09. The van der Waals surface area contributed by atoms with E-state index in [1.54, 1.807) is 24.3 Å². The molecule has 1 heterocycles. The zero-order valence-electron chi connectivity index (χ0n) is 7.60. The predicted molar refractivity (Wildman–Crippen MR) is 51.9 cm³/mol. The number of nitrogens with zero attached hydrogens (tertiary/aromatic N) is 1. The zero-order valence-corrected chi connectivity index (χ0v) is 7.60. The monoisotopic (exact) mass is 191 g/mol. The lowest BCUT2D eigenvalue weighted by Gasteiger charge is -2.02. The van der Waals surface area contributed by atoms with Crippen molar-refractivity contribution in [3.8, 4) is 5.75 Å². The van der Waals surface area contributed by atoms with E-state index in [0.29, 0.717) is 15.9 Å². The van der Waals surface area contributed by atoms with Gasteiger partial charge in [-0.15, -0.1) is 0 Å². The lowest BCUT2D eigenvalue weighted by Crippen LogP contribution is -2.16. The van der Waals surface area contributed by atoms with Crippen LogP contribution >= 0.6 is 0 Å². The highest BCUT2D eigenvalue weighted by Gasteiger charge is 2.02. The van der Waals surface area contributed by atoms with E-state index in [1.807, 2.05) is 0 Å². The maximum Gasteiger partial charge on any atom is 0.290 e. The van der Waals surface area contributed by atoms with Gasteiger partial charge in [-0.1, -0.05) is 6.07 Å². The normalized spacial score (nSPS) is 10.4. The summed E-state index contributed by atoms with van der Waals surface area (Å²) in [5, 5.41) is 10.4. The molecule has 4 nitrogen and oxygen atoms in total. The number of methoxy groups -OCH3 is 1. The average molecular weight is 191 g/mol. The van der Waals surface area contributed by atoms with E-state index in [-0.39, 0.29) is 0 Å². The summed E-state index contributed by atoms with van der Waals surface area (Å²) in [6, 6.07) is 6.81. The van der Waals surface area contributed by atoms with Crippen LogP contribution in [0, 0.1) is 0 Å². The van der Waals surface area contributed by atoms with Crippen LogP contribution in [0.4, 0.5) is 0 Å². The number of rotatable bonds is 1. The van der Waals surface area contributed by atoms with Crippen molar-refractivity contribution in [1.82, 2.24) is 4.73 Å². The Morgan fingerprint density at radius 2 is 2.14 bits per heavy atom. The molecule has 72 valence electrons. The fourth-order valence-corrected chi connectivity index (χ4v) is 1.33. The molecule has 0 saturated heterocycles. The smallest absolute Gasteiger partial charge is 0.290 e. The lowest BCUT2D eigenvalue weighted by molar-refractivity contribution is 0.176. The number of hydrogen-bond donors (Lipinski definition) is 1. The summed E-state index contributed by atoms with van der Waals surface area (Å²) in [6.45, 7) is 0. The molecular formula is C10H9NO3. The Balaban J connectivity index is 2.85. The van der Waals surface area contributed by atoms with Crippen LogP contribution in [0.25, 0.3) is 10.8 Å². The van der Waals surface area contributed by atoms with Gasteiger partial charge in [-0.3, -0.25) is 4.79 Å². The van der Waals surface area contributed by atoms with Crippen LogP contribution in [0.2, 0.25) is 0 Å². The molecule has 14 heavy (non-hydrogen) atoms. The minimum absolute atomic E-state index is 0.439. The van der Waals surface area contributed by atoms with Crippen molar-refractivity contribution in [3.63, 3.8) is 0 Å². The molecule has 0 bridgehead atoms. The van der Waals surface area contributed by atoms with Crippen LogP contribution in [-0.2, 0) is 0 Å². The summed E-state index contributed by atoms with van der Waals surface area (Å²) in [7, 11) is 1.53. The average Bonchev–Trinajstić information content (AvgIpc) is 2.23. The summed E-state index contributed by atoms with van der Waals surface area (Å²) in [5.74, 6) is 0.598. The quantitative estimate of drug-likeness (QED) is 0.690. The summed E-state index contributed by atoms with van der Waals surface area (Å²) >= 11 is 0. The van der Waals surface area contributed by atoms with Crippen molar-refractivity contribution < 1.29 is 9.94 Å². The fraction of sp³-hybridized carbons (Fsp3) is 0.100. The highest BCUT2D eigenvalue weighted by molar-refractivity contribution is 5.82. The lowest BCUT2D eigenvalue weighted by atomic mass is 10.2. The first-order valence-corrected chi connectivity index (χ1v) is 4.11. The van der Waals surface area contributed by atoms with Crippen molar-refractivity contribution in [1.29, 1.82) is 0 Å². The van der Waals surface area contributed by atoms with Crippen molar-refractivity contribution in [2.24, 2.45) is 0 Å². The van der Waals surface area contributed by atoms with Crippen LogP contribution in [0.3, 0.4) is 0 Å². The van der Waals surface area contributed by atoms with Crippen molar-refractivity contribution in [2.75, 3.05) is 7.11 Å². The Morgan fingerprint density at radius 1 is 1.36 bits per heavy atom. The topological polar surface area (TPSA) is 51.5 Å². The predicted octanol–water partition coefficient (Wildman–Crippen LogP) is 1.25. The van der Waals surface area contributed by atoms with E-state index in [1.165, 1.54) is 13.3 Å². The summed E-state index contributed by atoms with van der Waals surface area (Å²) < 4.78 is 5.54. The number of fused-ring (bicyclic) bond motifs is 1. The van der Waals surface area contributed by atoms with Crippen LogP contribution in [-0.4, -0.2) is 17.0 Å². The van der Waals surface area contributed by atoms with Gasteiger partial charge >= 0.3 is 0 Å². The minimum Gasteiger partial charge on any atom is -0.497 e. The molecular weight excluding hydrogens is 182 g/mol. The molecule has 0 amide bonds. The molecule has 4 heteroatoms. The third kappa shape index (κ3) is 1.21. The molecule has 2 rings (SSSR count). The minimum atomic E-state index is -0.443. The van der Waals surface area contributed by atoms with Gasteiger partial charge in [-0.25, -0.2) is 0 Å². The number of hydrogen-bond acceptors (Lipinski definition) is 3. The molecule has 0 fully saturated rings. The molecule has 0 unspecified atom stereocenters. The maximum absolute atomic E-state index is 11.5. The Kier molecular flexibility index (Phi) is 1.89. The molecule has 0 atom stereocenters. The van der Waals surface area contributed by atoms with E-state index in [0.717, 1.165) is 5.39 Å². The Bertz CT molecular complexity index is 530. The van der Waals surface area contributed by atoms with Crippen LogP contribution < -0.4 is 10.3 Å². The first-order valence-electron chi connectivity index (χ1n) is 4.11. The molecule has 0 aliphatic carbocycles. The molecule has 0 radical (unpaired) electrons. The zero-order chi connectivity index (χ0) is 10.1. The van der Waals surface area contributed by atoms with E-state index >= 15 is 0 Å². The summed E-state index contributed by atoms with van der Waals surface area (Å²) in [5.41, 5.74) is -0.443. The first-order chi connectivity index (χ1) is 6.72. The van der Waals surface area contributed by atoms with Crippen molar-refractivity contribution in [3.05, 3.63) is 40.8 Å². The second-order valence-corrected chi connectivity index (χ2v) is 2.92. The van der Waals surface area contributed by atoms with Crippen molar-refractivity contribution >= 4 is 10.8 Å². The van der Waals surface area contributed by atoms with Gasteiger partial charge in [0, 0.05) is 6.20 Å². The Morgan fingerprint density at radius 3 is 2.86 bits per heavy atom. The summed E-state index contributed by atoms with van der Waals surface area (Å²) in [6.07, 6.45) is 1.32. The molecule has 1 aromatic carbocycles. The van der Waals surface area contributed by atoms with Gasteiger partial charge in [-0.05, 0) is 23.6 Å². The number of ether oxygens (including phenoxy) is 1. The largest absolute Gasteiger partial charge is 0.497 e. The molecule has 1 aromatic heterocycles. The molecule has 1 N–H and O–H groups in total. The molecule has 0 aliphatic rings. The maximum atomic E-state index is 11.5. The third-order valence-electron chi connectivity index (χ3n) is 2.09. The second-order valence-electron chi connectivity index (χ2n) is 2.92. The van der Waals surface area contributed by atoms with Crippen LogP contribution in [0.15, 0.2) is 35.3 Å². The highest BCUT2D eigenvalue weighted by atomic mass is 16.5. The molecule has 0 spiro atoms. The SMILES string of the molecule is COc1ccc2ccn(O)c(=O)c2c1. The van der Waals surface area contributed by atoms with Gasteiger partial charge < -0.3 is 9.94 Å². The van der Waals surface area contributed by atoms with Gasteiger partial charge in [0.05, 0.1) is 12.5 Å². The fourth-order valence-electron chi connectivity index (χ4n) is 1.33. The second kappa shape index (κ2) is 3.06. The van der Waals surface area contributed by atoms with Gasteiger partial charge in [0.25, 0.3) is 5.56 Å². The highest BCUT2D eigenvalue weighted by Crippen LogP contribution is 2.16. The Labute approximate surface area is 79.9 Å². The molecule has 0 aliphatic heterocycles. The van der Waals surface area contributed by atoms with E-state index < -0.39 is 5.56 Å². The van der Waals surface area contributed by atoms with Gasteiger partial charge in [0.2, 0.25) is 0 Å². The van der Waals surface area contributed by atoms with E-state index in [2.05, 4.69) is 0 Å². The number of aromatic nitrogens is 1. The first kappa shape index (κ1) is 8.62. The van der Waals surface area contributed by atoms with E-state index in [4.69, 9.17) is 9.94 Å². The number of benzene rings is 1. The van der Waals surface area contributed by atoms with E-state index in [9.17, 15) is 4.79 Å². The Hall–Kier alpha value is -1.97. The van der Waals surface area contributed by atoms with Gasteiger partial charge in [0.1, 0.15) is 5.75 Å². The van der Waals surface area contributed by atoms with Gasteiger partial charge in [0.15, 0.2) is 0 Å². The van der Waals surface area contributed by atoms with Crippen LogP contribution in [0.5, 0.6) is 5.75 Å².